The summed E-state index contributed by atoms with van der Waals surface area (Å²) < 4.78 is 22.4. The van der Waals surface area contributed by atoms with Crippen LogP contribution in [0.25, 0.3) is 22.0 Å². The van der Waals surface area contributed by atoms with E-state index < -0.39 is 0 Å². The Balaban J connectivity index is 1.30. The van der Waals surface area contributed by atoms with Crippen LogP contribution in [-0.4, -0.2) is 77.6 Å². The molecule has 9 heteroatoms. The number of amides is 1. The van der Waals surface area contributed by atoms with E-state index in [1.54, 1.807) is 11.0 Å². The number of hydrogen-bond donors (Lipinski definition) is 0. The first-order chi connectivity index (χ1) is 20.9. The Hall–Kier alpha value is -4.03. The highest BCUT2D eigenvalue weighted by Gasteiger charge is 2.41. The molecule has 0 bridgehead atoms. The summed E-state index contributed by atoms with van der Waals surface area (Å²) in [5.74, 6) is 1.25. The van der Waals surface area contributed by atoms with Gasteiger partial charge in [-0.2, -0.15) is 15.2 Å². The molecule has 0 radical (unpaired) electrons. The van der Waals surface area contributed by atoms with E-state index >= 15 is 4.39 Å². The summed E-state index contributed by atoms with van der Waals surface area (Å²) in [7, 11) is 2.10. The molecule has 2 saturated heterocycles. The van der Waals surface area contributed by atoms with Crippen LogP contribution in [0.3, 0.4) is 0 Å². The average Bonchev–Trinajstić information content (AvgIpc) is 3.53. The van der Waals surface area contributed by atoms with Crippen molar-refractivity contribution in [2.75, 3.05) is 44.7 Å². The van der Waals surface area contributed by atoms with Gasteiger partial charge in [0.2, 0.25) is 5.91 Å². The fraction of sp³-hybridized carbons (Fsp3) is 0.471. The Morgan fingerprint density at radius 2 is 2.05 bits per heavy atom. The van der Waals surface area contributed by atoms with Gasteiger partial charge in [-0.1, -0.05) is 24.8 Å². The minimum Gasteiger partial charge on any atom is -0.462 e. The summed E-state index contributed by atoms with van der Waals surface area (Å²) in [6.07, 6.45) is 7.13. The molecule has 43 heavy (non-hydrogen) atoms. The predicted octanol–water partition coefficient (Wildman–Crippen LogP) is 5.08. The molecule has 1 saturated carbocycles. The van der Waals surface area contributed by atoms with E-state index in [1.807, 2.05) is 23.1 Å². The normalized spacial score (nSPS) is 24.8. The summed E-state index contributed by atoms with van der Waals surface area (Å²) in [5.41, 5.74) is 4.79. The van der Waals surface area contributed by atoms with Crippen LogP contribution >= 0.6 is 0 Å². The third-order valence-corrected chi connectivity index (χ3v) is 10.1. The molecule has 2 unspecified atom stereocenters. The van der Waals surface area contributed by atoms with Crippen LogP contribution in [0.15, 0.2) is 43.0 Å². The van der Waals surface area contributed by atoms with Gasteiger partial charge in [0.25, 0.3) is 0 Å². The molecule has 4 aliphatic rings. The van der Waals surface area contributed by atoms with E-state index in [0.717, 1.165) is 37.8 Å². The van der Waals surface area contributed by atoms with Gasteiger partial charge >= 0.3 is 6.01 Å². The number of carbonyl (C=O) groups excluding carboxylic acids is 1. The first kappa shape index (κ1) is 27.8. The monoisotopic (exact) mass is 580 g/mol. The van der Waals surface area contributed by atoms with Gasteiger partial charge in [0.15, 0.2) is 0 Å². The molecule has 0 spiro atoms. The van der Waals surface area contributed by atoms with E-state index in [1.165, 1.54) is 23.6 Å². The summed E-state index contributed by atoms with van der Waals surface area (Å²) in [4.78, 5) is 28.2. The lowest BCUT2D eigenvalue weighted by Crippen LogP contribution is -2.55. The van der Waals surface area contributed by atoms with Crippen molar-refractivity contribution in [3.63, 3.8) is 0 Å². The van der Waals surface area contributed by atoms with Crippen LogP contribution in [0.2, 0.25) is 0 Å². The summed E-state index contributed by atoms with van der Waals surface area (Å²) in [6.45, 7) is 6.42. The van der Waals surface area contributed by atoms with Crippen LogP contribution in [0.5, 0.6) is 6.01 Å². The van der Waals surface area contributed by atoms with Gasteiger partial charge in [-0.15, -0.1) is 0 Å². The second-order valence-electron chi connectivity index (χ2n) is 12.5. The van der Waals surface area contributed by atoms with Gasteiger partial charge in [-0.3, -0.25) is 4.79 Å². The zero-order valence-corrected chi connectivity index (χ0v) is 24.6. The van der Waals surface area contributed by atoms with E-state index in [-0.39, 0.29) is 30.2 Å². The maximum absolute atomic E-state index is 16.2. The largest absolute Gasteiger partial charge is 0.462 e. The first-order valence-electron chi connectivity index (χ1n) is 15.5. The van der Waals surface area contributed by atoms with Crippen molar-refractivity contribution < 1.29 is 13.9 Å². The molecule has 0 N–H and O–H groups in total. The number of rotatable bonds is 7. The number of piperazine rings is 1. The minimum absolute atomic E-state index is 0.177. The summed E-state index contributed by atoms with van der Waals surface area (Å²) >= 11 is 0. The summed E-state index contributed by atoms with van der Waals surface area (Å²) in [6, 6.07) is 12.1. The molecule has 3 fully saturated rings. The third kappa shape index (κ3) is 4.92. The second-order valence-corrected chi connectivity index (χ2v) is 12.5. The third-order valence-electron chi connectivity index (χ3n) is 10.1. The number of likely N-dealkylation sites (N-methyl/N-ethyl adjacent to an activating group) is 1. The Labute approximate surface area is 251 Å². The van der Waals surface area contributed by atoms with Crippen molar-refractivity contribution in [2.24, 2.45) is 5.92 Å². The van der Waals surface area contributed by atoms with Gasteiger partial charge in [-0.05, 0) is 92.4 Å². The molecule has 4 atom stereocenters. The lowest BCUT2D eigenvalue weighted by Gasteiger charge is -2.41. The number of halogens is 1. The van der Waals surface area contributed by atoms with Gasteiger partial charge in [0.1, 0.15) is 18.2 Å². The number of hydrogen-bond acceptors (Lipinski definition) is 7. The molecule has 3 heterocycles. The van der Waals surface area contributed by atoms with Gasteiger partial charge in [0, 0.05) is 36.6 Å². The van der Waals surface area contributed by atoms with Crippen LogP contribution in [0, 0.1) is 23.1 Å². The van der Waals surface area contributed by atoms with Crippen molar-refractivity contribution in [3.8, 4) is 23.2 Å². The number of nitrogens with zero attached hydrogens (tertiary/aromatic N) is 6. The average molecular weight is 581 g/mol. The molecular weight excluding hydrogens is 543 g/mol. The van der Waals surface area contributed by atoms with Crippen LogP contribution in [0.4, 0.5) is 10.2 Å². The number of aromatic nitrogens is 2. The first-order valence-corrected chi connectivity index (χ1v) is 15.5. The molecule has 8 nitrogen and oxygen atoms in total. The summed E-state index contributed by atoms with van der Waals surface area (Å²) in [5, 5.41) is 10.1. The highest BCUT2D eigenvalue weighted by molar-refractivity contribution is 5.94. The lowest BCUT2D eigenvalue weighted by molar-refractivity contribution is -0.128. The fourth-order valence-corrected chi connectivity index (χ4v) is 7.66. The topological polar surface area (TPSA) is 85.6 Å². The predicted molar refractivity (Wildman–Crippen MR) is 163 cm³/mol. The van der Waals surface area contributed by atoms with E-state index in [9.17, 15) is 10.1 Å². The molecule has 1 aromatic heterocycles. The second kappa shape index (κ2) is 11.2. The number of benzene rings is 2. The molecule has 3 aromatic rings. The Morgan fingerprint density at radius 1 is 1.16 bits per heavy atom. The van der Waals surface area contributed by atoms with Gasteiger partial charge in [-0.25, -0.2) is 4.39 Å². The SMILES string of the molecule is C=CC(=O)N1CCN(c2nc(OC[C@@H]3CCCN3C)nc3cc(-c4cccc5c4C4CCC4C5)c(F)cc23)C[C@@H]1CC#N. The minimum atomic E-state index is -0.336. The van der Waals surface area contributed by atoms with Crippen molar-refractivity contribution in [1.82, 2.24) is 19.8 Å². The molecule has 1 amide bonds. The van der Waals surface area contributed by atoms with E-state index in [0.29, 0.717) is 66.4 Å². The van der Waals surface area contributed by atoms with Crippen molar-refractivity contribution in [1.29, 1.82) is 5.26 Å². The number of ether oxygens (including phenoxy) is 1. The van der Waals surface area contributed by atoms with E-state index in [2.05, 4.69) is 30.7 Å². The van der Waals surface area contributed by atoms with E-state index in [4.69, 9.17) is 14.7 Å². The van der Waals surface area contributed by atoms with Crippen molar-refractivity contribution in [3.05, 3.63) is 59.9 Å². The zero-order valence-electron chi connectivity index (χ0n) is 24.6. The Kier molecular flexibility index (Phi) is 7.26. The zero-order chi connectivity index (χ0) is 29.7. The van der Waals surface area contributed by atoms with Crippen LogP contribution in [-0.2, 0) is 11.2 Å². The molecule has 2 aromatic carbocycles. The smallest absolute Gasteiger partial charge is 0.319 e. The number of fused-ring (bicyclic) bond motifs is 4. The Bertz CT molecular complexity index is 1640. The fourth-order valence-electron chi connectivity index (χ4n) is 7.66. The molecule has 7 rings (SSSR count). The molecular formula is C34H37FN6O2. The van der Waals surface area contributed by atoms with Gasteiger partial charge < -0.3 is 19.4 Å². The van der Waals surface area contributed by atoms with Crippen LogP contribution in [0.1, 0.15) is 49.1 Å². The number of likely N-dealkylation sites (tertiary alicyclic amines) is 1. The maximum Gasteiger partial charge on any atom is 0.319 e. The Morgan fingerprint density at radius 3 is 2.79 bits per heavy atom. The molecule has 2 aliphatic carbocycles. The quantitative estimate of drug-likeness (QED) is 0.361. The maximum atomic E-state index is 16.2. The standard InChI is InChI=1S/C34H37FN6O2/c1-3-31(42)41-15-14-40(19-23(41)11-12-36)33-28-17-29(35)27(26-8-4-6-22-16-21-9-10-25(21)32(22)26)18-30(28)37-34(38-33)43-20-24-7-5-13-39(24)2/h3-4,6,8,17-18,21,23-25H,1,5,7,9-11,13-16,19-20H2,2H3/t21?,23-,24-,25?/m0/s1. The number of anilines is 1. The highest BCUT2D eigenvalue weighted by Crippen LogP contribution is 2.54. The molecule has 2 aliphatic heterocycles. The van der Waals surface area contributed by atoms with Crippen LogP contribution < -0.4 is 9.64 Å². The number of nitriles is 1. The highest BCUT2D eigenvalue weighted by atomic mass is 19.1. The lowest BCUT2D eigenvalue weighted by atomic mass is 9.73. The molecule has 222 valence electrons. The number of carbonyl (C=O) groups is 1. The van der Waals surface area contributed by atoms with Crippen molar-refractivity contribution >= 4 is 22.6 Å². The van der Waals surface area contributed by atoms with Gasteiger partial charge in [0.05, 0.1) is 24.0 Å². The van der Waals surface area contributed by atoms with Crippen molar-refractivity contribution in [2.45, 2.75) is 56.5 Å².